The molecule has 34 heavy (non-hydrogen) atoms. The Balaban J connectivity index is 2.54. The fourth-order valence-corrected chi connectivity index (χ4v) is 4.16. The molecule has 1 heterocycles. The lowest BCUT2D eigenvalue weighted by atomic mass is 10.0. The number of carboxylic acid groups (broad SMARTS) is 1. The molecule has 12 heteroatoms. The average molecular weight is 514 g/mol. The summed E-state index contributed by atoms with van der Waals surface area (Å²) in [7, 11) is -2.30. The minimum absolute atomic E-state index is 0.0367. The van der Waals surface area contributed by atoms with Crippen LogP contribution in [0.1, 0.15) is 43.9 Å². The number of aromatic nitrogens is 2. The summed E-state index contributed by atoms with van der Waals surface area (Å²) >= 11 is 1.17. The number of nitrogens with zero attached hydrogens (tertiary/aromatic N) is 3. The number of benzene rings is 1. The number of aliphatic hydroxyl groups is 2. The summed E-state index contributed by atoms with van der Waals surface area (Å²) in [5, 5.41) is 29.2. The van der Waals surface area contributed by atoms with Crippen LogP contribution in [0.15, 0.2) is 40.3 Å². The molecular formula is C22H28FN3O6S2. The van der Waals surface area contributed by atoms with E-state index in [1.54, 1.807) is 18.2 Å². The fourth-order valence-electron chi connectivity index (χ4n) is 2.88. The number of aliphatic hydroxyl groups excluding tert-OH is 2. The number of aliphatic carboxylic acids is 1. The quantitative estimate of drug-likeness (QED) is 0.387. The molecule has 0 saturated carbocycles. The van der Waals surface area contributed by atoms with Crippen LogP contribution < -0.4 is 4.31 Å². The highest BCUT2D eigenvalue weighted by Crippen LogP contribution is 2.35. The van der Waals surface area contributed by atoms with E-state index in [9.17, 15) is 27.8 Å². The predicted octanol–water partition coefficient (Wildman–Crippen LogP) is 2.89. The van der Waals surface area contributed by atoms with Crippen LogP contribution in [0.5, 0.6) is 0 Å². The normalized spacial score (nSPS) is 13.9. The second-order valence-corrected chi connectivity index (χ2v) is 11.1. The molecule has 0 unspecified atom stereocenters. The third-order valence-corrected chi connectivity index (χ3v) is 6.86. The van der Waals surface area contributed by atoms with Crippen molar-refractivity contribution in [2.45, 2.75) is 54.7 Å². The maximum atomic E-state index is 13.4. The standard InChI is InChI=1S/C22H28FN3O6S2/c1-13(2)20-18(10-7-15(27)11-16(28)12-19(29)30)21(33-17-8-5-14(23)6-9-17)25-22(24-20)26(3)34(4,31)32/h5-10,13,15-16,27-28H,11-12H2,1-4H3,(H,29,30)/b10-7+/t15-,16-/m1/s1. The van der Waals surface area contributed by atoms with E-state index in [0.29, 0.717) is 21.2 Å². The minimum Gasteiger partial charge on any atom is -0.481 e. The average Bonchev–Trinajstić information content (AvgIpc) is 2.71. The van der Waals surface area contributed by atoms with Crippen molar-refractivity contribution >= 4 is 39.8 Å². The highest BCUT2D eigenvalue weighted by molar-refractivity contribution is 7.99. The summed E-state index contributed by atoms with van der Waals surface area (Å²) in [6.07, 6.45) is 0.936. The minimum atomic E-state index is -3.64. The maximum Gasteiger partial charge on any atom is 0.305 e. The van der Waals surface area contributed by atoms with Crippen molar-refractivity contribution < 1.29 is 32.9 Å². The number of carboxylic acids is 1. The number of sulfonamides is 1. The number of hydrogen-bond acceptors (Lipinski definition) is 8. The maximum absolute atomic E-state index is 13.4. The van der Waals surface area contributed by atoms with E-state index in [2.05, 4.69) is 9.97 Å². The number of halogens is 1. The third kappa shape index (κ3) is 8.05. The molecule has 0 bridgehead atoms. The van der Waals surface area contributed by atoms with Gasteiger partial charge in [-0.3, -0.25) is 4.79 Å². The molecule has 1 aromatic carbocycles. The molecule has 0 aliphatic rings. The number of anilines is 1. The lowest BCUT2D eigenvalue weighted by molar-refractivity contribution is -0.139. The van der Waals surface area contributed by atoms with Gasteiger partial charge in [0.25, 0.3) is 0 Å². The zero-order valence-electron chi connectivity index (χ0n) is 19.2. The molecule has 186 valence electrons. The molecular weight excluding hydrogens is 485 g/mol. The van der Waals surface area contributed by atoms with Crippen molar-refractivity contribution in [2.24, 2.45) is 0 Å². The Hall–Kier alpha value is -2.54. The van der Waals surface area contributed by atoms with Crippen LogP contribution in [0.2, 0.25) is 0 Å². The summed E-state index contributed by atoms with van der Waals surface area (Å²) in [5.74, 6) is -1.78. The van der Waals surface area contributed by atoms with Crippen LogP contribution in [-0.2, 0) is 14.8 Å². The summed E-state index contributed by atoms with van der Waals surface area (Å²) in [6.45, 7) is 3.73. The first-order valence-electron chi connectivity index (χ1n) is 10.3. The van der Waals surface area contributed by atoms with E-state index >= 15 is 0 Å². The van der Waals surface area contributed by atoms with Crippen molar-refractivity contribution in [1.29, 1.82) is 0 Å². The lowest BCUT2D eigenvalue weighted by Gasteiger charge is -2.20. The highest BCUT2D eigenvalue weighted by Gasteiger charge is 2.22. The first kappa shape index (κ1) is 27.7. The molecule has 2 atom stereocenters. The van der Waals surface area contributed by atoms with Crippen molar-refractivity contribution in [3.63, 3.8) is 0 Å². The van der Waals surface area contributed by atoms with E-state index in [1.807, 2.05) is 13.8 Å². The summed E-state index contributed by atoms with van der Waals surface area (Å²) in [5.41, 5.74) is 1.03. The van der Waals surface area contributed by atoms with E-state index in [1.165, 1.54) is 37.0 Å². The van der Waals surface area contributed by atoms with Crippen LogP contribution in [0.3, 0.4) is 0 Å². The summed E-state index contributed by atoms with van der Waals surface area (Å²) in [6, 6.07) is 5.70. The monoisotopic (exact) mass is 513 g/mol. The Morgan fingerprint density at radius 1 is 1.21 bits per heavy atom. The number of rotatable bonds is 11. The first-order valence-corrected chi connectivity index (χ1v) is 13.0. The second kappa shape index (κ2) is 11.7. The lowest BCUT2D eigenvalue weighted by Crippen LogP contribution is -2.27. The van der Waals surface area contributed by atoms with Gasteiger partial charge in [-0.05, 0) is 30.2 Å². The Morgan fingerprint density at radius 2 is 1.82 bits per heavy atom. The smallest absolute Gasteiger partial charge is 0.305 e. The van der Waals surface area contributed by atoms with Crippen molar-refractivity contribution in [1.82, 2.24) is 9.97 Å². The van der Waals surface area contributed by atoms with Gasteiger partial charge in [0.15, 0.2) is 0 Å². The Morgan fingerprint density at radius 3 is 2.35 bits per heavy atom. The Kier molecular flexibility index (Phi) is 9.56. The van der Waals surface area contributed by atoms with Gasteiger partial charge >= 0.3 is 5.97 Å². The number of hydrogen-bond donors (Lipinski definition) is 3. The Labute approximate surface area is 202 Å². The molecule has 0 saturated heterocycles. The van der Waals surface area contributed by atoms with Gasteiger partial charge in [0.2, 0.25) is 16.0 Å². The van der Waals surface area contributed by atoms with Crippen molar-refractivity contribution in [2.75, 3.05) is 17.6 Å². The van der Waals surface area contributed by atoms with Gasteiger partial charge in [0, 0.05) is 23.9 Å². The van der Waals surface area contributed by atoms with Gasteiger partial charge in [-0.2, -0.15) is 0 Å². The number of carbonyl (C=O) groups is 1. The van der Waals surface area contributed by atoms with Gasteiger partial charge in [-0.15, -0.1) is 0 Å². The van der Waals surface area contributed by atoms with Gasteiger partial charge < -0.3 is 15.3 Å². The van der Waals surface area contributed by atoms with E-state index < -0.39 is 40.4 Å². The molecule has 3 N–H and O–H groups in total. The van der Waals surface area contributed by atoms with Gasteiger partial charge in [0.1, 0.15) is 10.8 Å². The van der Waals surface area contributed by atoms with Crippen LogP contribution in [0.4, 0.5) is 10.3 Å². The predicted molar refractivity (Wildman–Crippen MR) is 128 cm³/mol. The topological polar surface area (TPSA) is 141 Å². The molecule has 0 radical (unpaired) electrons. The van der Waals surface area contributed by atoms with Gasteiger partial charge in [-0.25, -0.2) is 27.1 Å². The fraction of sp³-hybridized carbons (Fsp3) is 0.409. The second-order valence-electron chi connectivity index (χ2n) is 7.98. The molecule has 0 aliphatic heterocycles. The molecule has 0 aliphatic carbocycles. The molecule has 0 amide bonds. The van der Waals surface area contributed by atoms with Crippen LogP contribution in [0, 0.1) is 5.82 Å². The summed E-state index contributed by atoms with van der Waals surface area (Å²) < 4.78 is 38.5. The zero-order chi connectivity index (χ0) is 25.6. The Bertz CT molecular complexity index is 1140. The van der Waals surface area contributed by atoms with Crippen molar-refractivity contribution in [3.05, 3.63) is 47.4 Å². The van der Waals surface area contributed by atoms with E-state index in [0.717, 1.165) is 10.6 Å². The van der Waals surface area contributed by atoms with Gasteiger partial charge in [-0.1, -0.05) is 37.8 Å². The van der Waals surface area contributed by atoms with Crippen LogP contribution in [-0.4, -0.2) is 65.2 Å². The molecule has 9 nitrogen and oxygen atoms in total. The zero-order valence-corrected chi connectivity index (χ0v) is 20.8. The largest absolute Gasteiger partial charge is 0.481 e. The molecule has 1 aromatic heterocycles. The molecule has 0 spiro atoms. The molecule has 2 aromatic rings. The van der Waals surface area contributed by atoms with E-state index in [-0.39, 0.29) is 18.3 Å². The SMILES string of the molecule is CC(C)c1nc(N(C)S(C)(=O)=O)nc(Sc2ccc(F)cc2)c1/C=C/[C@@H](O)C[C@@H](O)CC(=O)O. The first-order chi connectivity index (χ1) is 15.8. The summed E-state index contributed by atoms with van der Waals surface area (Å²) in [4.78, 5) is 20.2. The van der Waals surface area contributed by atoms with Crippen LogP contribution in [0.25, 0.3) is 6.08 Å². The van der Waals surface area contributed by atoms with Gasteiger partial charge in [0.05, 0.1) is 30.6 Å². The van der Waals surface area contributed by atoms with E-state index in [4.69, 9.17) is 5.11 Å². The van der Waals surface area contributed by atoms with Crippen molar-refractivity contribution in [3.8, 4) is 0 Å². The molecule has 0 fully saturated rings. The van der Waals surface area contributed by atoms with Crippen LogP contribution >= 0.6 is 11.8 Å². The highest BCUT2D eigenvalue weighted by atomic mass is 32.2. The third-order valence-electron chi connectivity index (χ3n) is 4.69. The molecule has 2 rings (SSSR count).